The van der Waals surface area contributed by atoms with Gasteiger partial charge in [0.05, 0.1) is 23.7 Å². The number of rotatable bonds is 6. The molecule has 2 fully saturated rings. The zero-order chi connectivity index (χ0) is 21.8. The van der Waals surface area contributed by atoms with Crippen molar-refractivity contribution in [2.24, 2.45) is 0 Å². The predicted molar refractivity (Wildman–Crippen MR) is 124 cm³/mol. The third-order valence-corrected chi connectivity index (χ3v) is 8.25. The number of benzene rings is 2. The van der Waals surface area contributed by atoms with Gasteiger partial charge in [0, 0.05) is 42.4 Å². The van der Waals surface area contributed by atoms with Crippen molar-refractivity contribution in [1.82, 2.24) is 4.31 Å². The first kappa shape index (κ1) is 22.1. The Bertz CT molecular complexity index is 1030. The van der Waals surface area contributed by atoms with E-state index in [0.29, 0.717) is 37.6 Å². The van der Waals surface area contributed by atoms with Crippen LogP contribution in [0.3, 0.4) is 0 Å². The molecule has 0 atom stereocenters. The molecule has 0 unspecified atom stereocenters. The number of ether oxygens (including phenoxy) is 1. The molecule has 0 aliphatic carbocycles. The first-order chi connectivity index (χ1) is 15.0. The van der Waals surface area contributed by atoms with Crippen LogP contribution in [0.5, 0.6) is 0 Å². The first-order valence-electron chi connectivity index (χ1n) is 10.4. The monoisotopic (exact) mass is 461 g/mol. The molecule has 31 heavy (non-hydrogen) atoms. The van der Waals surface area contributed by atoms with Crippen molar-refractivity contribution in [3.05, 3.63) is 48.0 Å². The Morgan fingerprint density at radius 1 is 1.00 bits per heavy atom. The summed E-state index contributed by atoms with van der Waals surface area (Å²) in [6.45, 7) is 3.12. The minimum absolute atomic E-state index is 0.139. The van der Waals surface area contributed by atoms with Gasteiger partial charge in [-0.05, 0) is 61.6 Å². The number of thioether (sulfide) groups is 1. The summed E-state index contributed by atoms with van der Waals surface area (Å²) in [4.78, 5) is 16.6. The molecule has 2 aromatic carbocycles. The average molecular weight is 462 g/mol. The zero-order valence-electron chi connectivity index (χ0n) is 17.5. The van der Waals surface area contributed by atoms with Crippen LogP contribution in [0.2, 0.25) is 0 Å². The lowest BCUT2D eigenvalue weighted by molar-refractivity contribution is 0.0730. The second-order valence-electron chi connectivity index (χ2n) is 7.57. The summed E-state index contributed by atoms with van der Waals surface area (Å²) in [5.41, 5.74) is 1.83. The Labute approximate surface area is 187 Å². The summed E-state index contributed by atoms with van der Waals surface area (Å²) < 4.78 is 33.0. The minimum atomic E-state index is -3.69. The van der Waals surface area contributed by atoms with Gasteiger partial charge >= 0.3 is 0 Å². The highest BCUT2D eigenvalue weighted by molar-refractivity contribution is 7.98. The van der Waals surface area contributed by atoms with Gasteiger partial charge in [-0.3, -0.25) is 4.79 Å². The highest BCUT2D eigenvalue weighted by atomic mass is 32.2. The maximum absolute atomic E-state index is 13.2. The molecular formula is C22H27N3O4S2. The summed E-state index contributed by atoms with van der Waals surface area (Å²) in [5.74, 6) is -0.308. The van der Waals surface area contributed by atoms with Crippen molar-refractivity contribution >= 4 is 39.1 Å². The largest absolute Gasteiger partial charge is 0.379 e. The lowest BCUT2D eigenvalue weighted by atomic mass is 10.1. The molecule has 166 valence electrons. The molecule has 0 bridgehead atoms. The topological polar surface area (TPSA) is 79.0 Å². The molecule has 0 radical (unpaired) electrons. The molecule has 0 aromatic heterocycles. The number of morpholine rings is 1. The van der Waals surface area contributed by atoms with E-state index in [9.17, 15) is 13.2 Å². The second kappa shape index (κ2) is 9.60. The van der Waals surface area contributed by atoms with Gasteiger partial charge in [0.2, 0.25) is 10.0 Å². The van der Waals surface area contributed by atoms with E-state index < -0.39 is 10.0 Å². The maximum Gasteiger partial charge on any atom is 0.257 e. The van der Waals surface area contributed by atoms with Gasteiger partial charge in [-0.2, -0.15) is 4.31 Å². The van der Waals surface area contributed by atoms with E-state index in [1.807, 2.05) is 30.5 Å². The van der Waals surface area contributed by atoms with Crippen molar-refractivity contribution in [2.75, 3.05) is 55.9 Å². The van der Waals surface area contributed by atoms with E-state index in [2.05, 4.69) is 10.2 Å². The molecule has 4 rings (SSSR count). The number of anilines is 2. The first-order valence-corrected chi connectivity index (χ1v) is 13.1. The van der Waals surface area contributed by atoms with Gasteiger partial charge in [-0.25, -0.2) is 8.42 Å². The molecule has 2 aromatic rings. The van der Waals surface area contributed by atoms with E-state index in [1.54, 1.807) is 23.9 Å². The number of hydrogen-bond acceptors (Lipinski definition) is 6. The van der Waals surface area contributed by atoms with E-state index in [1.165, 1.54) is 10.4 Å². The Morgan fingerprint density at radius 3 is 2.32 bits per heavy atom. The van der Waals surface area contributed by atoms with E-state index >= 15 is 0 Å². The Morgan fingerprint density at radius 2 is 1.68 bits per heavy atom. The summed E-state index contributed by atoms with van der Waals surface area (Å²) >= 11 is 1.63. The fraction of sp³-hybridized carbons (Fsp3) is 0.409. The van der Waals surface area contributed by atoms with E-state index in [-0.39, 0.29) is 10.8 Å². The maximum atomic E-state index is 13.2. The standard InChI is InChI=1S/C22H27N3O4S2/c1-30-18-6-4-17(5-7-18)23-22(26)20-16-19(8-9-21(20)24-10-2-3-11-24)31(27,28)25-12-14-29-15-13-25/h4-9,16H,2-3,10-15H2,1H3,(H,23,26). The number of carbonyl (C=O) groups is 1. The number of nitrogens with one attached hydrogen (secondary N) is 1. The molecule has 2 aliphatic rings. The van der Waals surface area contributed by atoms with Gasteiger partial charge in [0.15, 0.2) is 0 Å². The van der Waals surface area contributed by atoms with Crippen molar-refractivity contribution < 1.29 is 17.9 Å². The number of carbonyl (C=O) groups excluding carboxylic acids is 1. The number of hydrogen-bond donors (Lipinski definition) is 1. The van der Waals surface area contributed by atoms with Crippen LogP contribution < -0.4 is 10.2 Å². The molecular weight excluding hydrogens is 434 g/mol. The van der Waals surface area contributed by atoms with Gasteiger partial charge in [-0.1, -0.05) is 0 Å². The summed E-state index contributed by atoms with van der Waals surface area (Å²) in [5, 5.41) is 2.93. The van der Waals surface area contributed by atoms with Gasteiger partial charge in [-0.15, -0.1) is 11.8 Å². The van der Waals surface area contributed by atoms with E-state index in [0.717, 1.165) is 36.5 Å². The Hall–Kier alpha value is -2.07. The number of amides is 1. The van der Waals surface area contributed by atoms with Crippen LogP contribution in [-0.2, 0) is 14.8 Å². The van der Waals surface area contributed by atoms with Crippen LogP contribution >= 0.6 is 11.8 Å². The molecule has 2 saturated heterocycles. The molecule has 2 aliphatic heterocycles. The van der Waals surface area contributed by atoms with E-state index in [4.69, 9.17) is 4.74 Å². The Balaban J connectivity index is 1.67. The third kappa shape index (κ3) is 4.90. The smallest absolute Gasteiger partial charge is 0.257 e. The van der Waals surface area contributed by atoms with Crippen molar-refractivity contribution in [2.45, 2.75) is 22.6 Å². The Kier molecular flexibility index (Phi) is 6.86. The molecule has 7 nitrogen and oxygen atoms in total. The molecule has 9 heteroatoms. The van der Waals surface area contributed by atoms with Crippen LogP contribution in [-0.4, -0.2) is 64.3 Å². The summed E-state index contributed by atoms with van der Waals surface area (Å²) in [6.07, 6.45) is 4.12. The molecule has 0 spiro atoms. The van der Waals surface area contributed by atoms with Crippen molar-refractivity contribution in [1.29, 1.82) is 0 Å². The van der Waals surface area contributed by atoms with Crippen LogP contribution in [0.4, 0.5) is 11.4 Å². The second-order valence-corrected chi connectivity index (χ2v) is 10.4. The summed E-state index contributed by atoms with van der Waals surface area (Å²) in [7, 11) is -3.69. The minimum Gasteiger partial charge on any atom is -0.379 e. The normalized spacial score (nSPS) is 17.6. The van der Waals surface area contributed by atoms with Crippen LogP contribution in [0.15, 0.2) is 52.3 Å². The lowest BCUT2D eigenvalue weighted by Gasteiger charge is -2.27. The highest BCUT2D eigenvalue weighted by Gasteiger charge is 2.29. The molecule has 0 saturated carbocycles. The average Bonchev–Trinajstić information content (AvgIpc) is 3.34. The van der Waals surface area contributed by atoms with Crippen molar-refractivity contribution in [3.63, 3.8) is 0 Å². The number of sulfonamides is 1. The van der Waals surface area contributed by atoms with Gasteiger partial charge < -0.3 is 15.0 Å². The molecule has 1 amide bonds. The van der Waals surface area contributed by atoms with Crippen LogP contribution in [0, 0.1) is 0 Å². The van der Waals surface area contributed by atoms with Crippen LogP contribution in [0.1, 0.15) is 23.2 Å². The number of nitrogens with zero attached hydrogens (tertiary/aromatic N) is 2. The highest BCUT2D eigenvalue weighted by Crippen LogP contribution is 2.30. The fourth-order valence-electron chi connectivity index (χ4n) is 3.90. The lowest BCUT2D eigenvalue weighted by Crippen LogP contribution is -2.40. The van der Waals surface area contributed by atoms with Crippen LogP contribution in [0.25, 0.3) is 0 Å². The van der Waals surface area contributed by atoms with Gasteiger partial charge in [0.1, 0.15) is 0 Å². The fourth-order valence-corrected chi connectivity index (χ4v) is 5.74. The molecule has 1 N–H and O–H groups in total. The van der Waals surface area contributed by atoms with Gasteiger partial charge in [0.25, 0.3) is 5.91 Å². The zero-order valence-corrected chi connectivity index (χ0v) is 19.2. The third-order valence-electron chi connectivity index (χ3n) is 5.62. The molecule has 2 heterocycles. The predicted octanol–water partition coefficient (Wildman–Crippen LogP) is 3.28. The quantitative estimate of drug-likeness (QED) is 0.665. The van der Waals surface area contributed by atoms with Crippen molar-refractivity contribution in [3.8, 4) is 0 Å². The SMILES string of the molecule is CSc1ccc(NC(=O)c2cc(S(=O)(=O)N3CCOCC3)ccc2N2CCCC2)cc1. The summed E-state index contributed by atoms with van der Waals surface area (Å²) in [6, 6.07) is 12.5.